The molecule has 0 heterocycles. The van der Waals surface area contributed by atoms with E-state index in [9.17, 15) is 14.9 Å². The maximum atomic E-state index is 11.0. The summed E-state index contributed by atoms with van der Waals surface area (Å²) in [5, 5.41) is 14.0. The van der Waals surface area contributed by atoms with Crippen molar-refractivity contribution in [3.05, 3.63) is 69.8 Å². The highest BCUT2D eigenvalue weighted by atomic mass is 16.6. The van der Waals surface area contributed by atoms with Gasteiger partial charge in [-0.15, -0.1) is 0 Å². The molecule has 0 radical (unpaired) electrons. The van der Waals surface area contributed by atoms with Gasteiger partial charge in [-0.2, -0.15) is 0 Å². The summed E-state index contributed by atoms with van der Waals surface area (Å²) in [4.78, 5) is 21.5. The average molecular weight is 271 g/mol. The van der Waals surface area contributed by atoms with Gasteiger partial charge in [0.25, 0.3) is 5.69 Å². The second kappa shape index (κ2) is 5.83. The van der Waals surface area contributed by atoms with Gasteiger partial charge in [0.1, 0.15) is 5.69 Å². The van der Waals surface area contributed by atoms with E-state index >= 15 is 0 Å². The zero-order valence-electron chi connectivity index (χ0n) is 10.6. The first-order chi connectivity index (χ1) is 9.58. The van der Waals surface area contributed by atoms with Crippen LogP contribution in [-0.4, -0.2) is 10.8 Å². The van der Waals surface area contributed by atoms with Crippen LogP contribution >= 0.6 is 0 Å². The molecule has 0 aliphatic heterocycles. The predicted octanol–water partition coefficient (Wildman–Crippen LogP) is 2.31. The van der Waals surface area contributed by atoms with Crippen molar-refractivity contribution in [1.29, 1.82) is 0 Å². The fourth-order valence-electron chi connectivity index (χ4n) is 1.78. The molecule has 0 fully saturated rings. The molecular weight excluding hydrogens is 258 g/mol. The number of amides is 1. The minimum absolute atomic E-state index is 0.113. The van der Waals surface area contributed by atoms with Gasteiger partial charge in [0.05, 0.1) is 4.92 Å². The first kappa shape index (κ1) is 13.5. The third-order valence-corrected chi connectivity index (χ3v) is 2.80. The van der Waals surface area contributed by atoms with Crippen LogP contribution < -0.4 is 11.1 Å². The van der Waals surface area contributed by atoms with Gasteiger partial charge < -0.3 is 11.1 Å². The zero-order chi connectivity index (χ0) is 14.5. The van der Waals surface area contributed by atoms with Crippen LogP contribution in [0.3, 0.4) is 0 Å². The van der Waals surface area contributed by atoms with E-state index in [2.05, 4.69) is 5.32 Å². The molecule has 0 aliphatic rings. The van der Waals surface area contributed by atoms with Gasteiger partial charge in [-0.1, -0.05) is 30.3 Å². The quantitative estimate of drug-likeness (QED) is 0.644. The molecule has 0 aliphatic carbocycles. The SMILES string of the molecule is NC(=O)c1ccc(NCc2ccccc2)c([N+](=O)[O-])c1. The number of nitrogens with zero attached hydrogens (tertiary/aromatic N) is 1. The lowest BCUT2D eigenvalue weighted by atomic mass is 10.1. The second-order valence-corrected chi connectivity index (χ2v) is 4.19. The van der Waals surface area contributed by atoms with E-state index in [0.29, 0.717) is 12.2 Å². The van der Waals surface area contributed by atoms with E-state index < -0.39 is 10.8 Å². The van der Waals surface area contributed by atoms with Gasteiger partial charge in [0.2, 0.25) is 5.91 Å². The summed E-state index contributed by atoms with van der Waals surface area (Å²) in [6.07, 6.45) is 0. The van der Waals surface area contributed by atoms with Gasteiger partial charge in [-0.3, -0.25) is 14.9 Å². The monoisotopic (exact) mass is 271 g/mol. The van der Waals surface area contributed by atoms with Crippen LogP contribution in [0.25, 0.3) is 0 Å². The Morgan fingerprint density at radius 3 is 2.50 bits per heavy atom. The molecule has 3 N–H and O–H groups in total. The predicted molar refractivity (Wildman–Crippen MR) is 75.4 cm³/mol. The molecule has 6 heteroatoms. The number of carbonyl (C=O) groups excluding carboxylic acids is 1. The molecule has 6 nitrogen and oxygen atoms in total. The van der Waals surface area contributed by atoms with E-state index in [1.807, 2.05) is 30.3 Å². The van der Waals surface area contributed by atoms with E-state index in [1.54, 1.807) is 0 Å². The summed E-state index contributed by atoms with van der Waals surface area (Å²) in [7, 11) is 0. The number of hydrogen-bond acceptors (Lipinski definition) is 4. The van der Waals surface area contributed by atoms with Crippen molar-refractivity contribution in [2.24, 2.45) is 5.73 Å². The Hall–Kier alpha value is -2.89. The van der Waals surface area contributed by atoms with Gasteiger partial charge in [-0.05, 0) is 17.7 Å². The standard InChI is InChI=1S/C14H13N3O3/c15-14(18)11-6-7-12(13(8-11)17(19)20)16-9-10-4-2-1-3-5-10/h1-8,16H,9H2,(H2,15,18). The Morgan fingerprint density at radius 1 is 1.20 bits per heavy atom. The fourth-order valence-corrected chi connectivity index (χ4v) is 1.78. The molecule has 0 saturated carbocycles. The molecule has 20 heavy (non-hydrogen) atoms. The Kier molecular flexibility index (Phi) is 3.95. The van der Waals surface area contributed by atoms with Gasteiger partial charge in [0, 0.05) is 18.2 Å². The van der Waals surface area contributed by atoms with Crippen LogP contribution in [0.1, 0.15) is 15.9 Å². The van der Waals surface area contributed by atoms with E-state index in [1.165, 1.54) is 18.2 Å². The van der Waals surface area contributed by atoms with Crippen molar-refractivity contribution >= 4 is 17.3 Å². The van der Waals surface area contributed by atoms with Crippen LogP contribution in [0.5, 0.6) is 0 Å². The average Bonchev–Trinajstić information content (AvgIpc) is 2.45. The lowest BCUT2D eigenvalue weighted by Crippen LogP contribution is -2.12. The van der Waals surface area contributed by atoms with E-state index in [4.69, 9.17) is 5.73 Å². The molecule has 0 spiro atoms. The summed E-state index contributed by atoms with van der Waals surface area (Å²) in [6, 6.07) is 13.6. The summed E-state index contributed by atoms with van der Waals surface area (Å²) in [5.74, 6) is -0.692. The number of hydrogen-bond donors (Lipinski definition) is 2. The van der Waals surface area contributed by atoms with Crippen LogP contribution in [0.2, 0.25) is 0 Å². The summed E-state index contributed by atoms with van der Waals surface area (Å²) in [5.41, 5.74) is 6.41. The topological polar surface area (TPSA) is 98.3 Å². The number of anilines is 1. The molecule has 0 unspecified atom stereocenters. The molecule has 0 aromatic heterocycles. The number of primary amides is 1. The van der Waals surface area contributed by atoms with Crippen molar-refractivity contribution in [2.75, 3.05) is 5.32 Å². The van der Waals surface area contributed by atoms with Gasteiger partial charge >= 0.3 is 0 Å². The Labute approximate surface area is 115 Å². The molecule has 0 atom stereocenters. The largest absolute Gasteiger partial charge is 0.375 e. The minimum Gasteiger partial charge on any atom is -0.375 e. The fraction of sp³-hybridized carbons (Fsp3) is 0.0714. The normalized spacial score (nSPS) is 10.0. The summed E-state index contributed by atoms with van der Waals surface area (Å²) >= 11 is 0. The minimum atomic E-state index is -0.692. The maximum Gasteiger partial charge on any atom is 0.293 e. The molecule has 2 aromatic rings. The van der Waals surface area contributed by atoms with Crippen LogP contribution in [0.4, 0.5) is 11.4 Å². The number of nitrogens with two attached hydrogens (primary N) is 1. The number of nitrogens with one attached hydrogen (secondary N) is 1. The smallest absolute Gasteiger partial charge is 0.293 e. The number of nitro groups is 1. The van der Waals surface area contributed by atoms with Gasteiger partial charge in [0.15, 0.2) is 0 Å². The molecular formula is C14H13N3O3. The molecule has 0 saturated heterocycles. The highest BCUT2D eigenvalue weighted by Crippen LogP contribution is 2.26. The van der Waals surface area contributed by atoms with Crippen molar-refractivity contribution < 1.29 is 9.72 Å². The van der Waals surface area contributed by atoms with Crippen LogP contribution in [0.15, 0.2) is 48.5 Å². The third-order valence-electron chi connectivity index (χ3n) is 2.80. The lowest BCUT2D eigenvalue weighted by molar-refractivity contribution is -0.384. The van der Waals surface area contributed by atoms with Crippen molar-refractivity contribution in [3.63, 3.8) is 0 Å². The van der Waals surface area contributed by atoms with Crippen molar-refractivity contribution in [1.82, 2.24) is 0 Å². The number of rotatable bonds is 5. The highest BCUT2D eigenvalue weighted by Gasteiger charge is 2.16. The Bertz CT molecular complexity index is 641. The molecule has 1 amide bonds. The molecule has 102 valence electrons. The zero-order valence-corrected chi connectivity index (χ0v) is 10.6. The first-order valence-corrected chi connectivity index (χ1v) is 5.94. The second-order valence-electron chi connectivity index (χ2n) is 4.19. The van der Waals surface area contributed by atoms with Crippen molar-refractivity contribution in [3.8, 4) is 0 Å². The molecule has 2 rings (SSSR count). The van der Waals surface area contributed by atoms with Crippen molar-refractivity contribution in [2.45, 2.75) is 6.54 Å². The lowest BCUT2D eigenvalue weighted by Gasteiger charge is -2.08. The Morgan fingerprint density at radius 2 is 1.90 bits per heavy atom. The van der Waals surface area contributed by atoms with Gasteiger partial charge in [-0.25, -0.2) is 0 Å². The summed E-state index contributed by atoms with van der Waals surface area (Å²) < 4.78 is 0. The van der Waals surface area contributed by atoms with Crippen LogP contribution in [-0.2, 0) is 6.54 Å². The highest BCUT2D eigenvalue weighted by molar-refractivity contribution is 5.94. The number of benzene rings is 2. The number of carbonyl (C=O) groups is 1. The Balaban J connectivity index is 2.23. The first-order valence-electron chi connectivity index (χ1n) is 5.94. The third kappa shape index (κ3) is 3.11. The molecule has 2 aromatic carbocycles. The van der Waals surface area contributed by atoms with E-state index in [-0.39, 0.29) is 11.3 Å². The van der Waals surface area contributed by atoms with E-state index in [0.717, 1.165) is 5.56 Å². The van der Waals surface area contributed by atoms with Crippen LogP contribution in [0, 0.1) is 10.1 Å². The summed E-state index contributed by atoms with van der Waals surface area (Å²) in [6.45, 7) is 0.456. The molecule has 0 bridgehead atoms. The maximum absolute atomic E-state index is 11.0. The number of nitro benzene ring substituents is 1.